The van der Waals surface area contributed by atoms with E-state index in [1.807, 2.05) is 0 Å². The Morgan fingerprint density at radius 2 is 1.50 bits per heavy atom. The number of alkyl halides is 5. The van der Waals surface area contributed by atoms with Crippen molar-refractivity contribution in [1.29, 1.82) is 0 Å². The van der Waals surface area contributed by atoms with Crippen molar-refractivity contribution >= 4 is 11.8 Å². The van der Waals surface area contributed by atoms with E-state index in [9.17, 15) is 22.0 Å². The third-order valence-electron chi connectivity index (χ3n) is 0.596. The lowest BCUT2D eigenvalue weighted by molar-refractivity contribution is -0.237. The van der Waals surface area contributed by atoms with E-state index < -0.39 is 23.2 Å². The van der Waals surface area contributed by atoms with Crippen LogP contribution < -0.4 is 0 Å². The Hall–Kier alpha value is -0.0000000000000000555. The molecule has 0 fully saturated rings. The highest BCUT2D eigenvalue weighted by Crippen LogP contribution is 2.44. The van der Waals surface area contributed by atoms with Crippen molar-refractivity contribution in [2.45, 2.75) is 18.4 Å². The highest BCUT2D eigenvalue weighted by molar-refractivity contribution is 8.02. The Balaban J connectivity index is 4.10. The Morgan fingerprint density at radius 3 is 1.60 bits per heavy atom. The molecule has 6 heteroatoms. The molecular weight excluding hydrogens is 175 g/mol. The molecular formula is C4H4F5S. The van der Waals surface area contributed by atoms with Gasteiger partial charge in [0.05, 0.1) is 0 Å². The van der Waals surface area contributed by atoms with Crippen LogP contribution in [0, 0.1) is 5.75 Å². The van der Waals surface area contributed by atoms with Crippen molar-refractivity contribution < 1.29 is 22.0 Å². The van der Waals surface area contributed by atoms with Crippen molar-refractivity contribution in [3.05, 3.63) is 5.75 Å². The summed E-state index contributed by atoms with van der Waals surface area (Å²) in [7, 11) is 0. The average Bonchev–Trinajstić information content (AvgIpc) is 1.61. The van der Waals surface area contributed by atoms with Gasteiger partial charge in [0, 0.05) is 5.75 Å². The Morgan fingerprint density at radius 1 is 1.10 bits per heavy atom. The van der Waals surface area contributed by atoms with E-state index >= 15 is 0 Å². The first-order valence-electron chi connectivity index (χ1n) is 2.21. The van der Waals surface area contributed by atoms with Crippen LogP contribution in [0.4, 0.5) is 22.0 Å². The first kappa shape index (κ1) is 10.0. The van der Waals surface area contributed by atoms with Gasteiger partial charge in [-0.05, 0) is 0 Å². The van der Waals surface area contributed by atoms with Crippen LogP contribution in [0.3, 0.4) is 0 Å². The maximum Gasteiger partial charge on any atom is 0.464 e. The van der Waals surface area contributed by atoms with Gasteiger partial charge < -0.3 is 0 Å². The Labute approximate surface area is 58.8 Å². The predicted molar refractivity (Wildman–Crippen MR) is 28.6 cm³/mol. The molecule has 0 saturated carbocycles. The summed E-state index contributed by atoms with van der Waals surface area (Å²) in [6.07, 6.45) is -5.45. The molecule has 1 radical (unpaired) electrons. The van der Waals surface area contributed by atoms with E-state index in [4.69, 9.17) is 0 Å². The molecule has 10 heavy (non-hydrogen) atoms. The number of hydrogen-bond donors (Lipinski definition) is 0. The van der Waals surface area contributed by atoms with Gasteiger partial charge in [-0.3, -0.25) is 0 Å². The van der Waals surface area contributed by atoms with Crippen LogP contribution in [0.25, 0.3) is 0 Å². The van der Waals surface area contributed by atoms with Gasteiger partial charge in [-0.25, -0.2) is 0 Å². The molecule has 0 rings (SSSR count). The molecule has 0 aliphatic carbocycles. The van der Waals surface area contributed by atoms with Gasteiger partial charge in [-0.15, -0.1) is 0 Å². The minimum Gasteiger partial charge on any atom is -0.184 e. The van der Waals surface area contributed by atoms with Crippen molar-refractivity contribution in [3.63, 3.8) is 0 Å². The standard InChI is InChI=1S/C4H4F5S/c1-2-10-4(8,9)3(5,6)7/h2H,1H3. The maximum absolute atomic E-state index is 11.7. The zero-order chi connectivity index (χ0) is 8.41. The van der Waals surface area contributed by atoms with Crippen LogP contribution in [-0.4, -0.2) is 11.4 Å². The van der Waals surface area contributed by atoms with Gasteiger partial charge in [0.25, 0.3) is 0 Å². The summed E-state index contributed by atoms with van der Waals surface area (Å²) in [6.45, 7) is 1.12. The third-order valence-corrected chi connectivity index (χ3v) is 1.36. The summed E-state index contributed by atoms with van der Waals surface area (Å²) in [4.78, 5) is 0. The van der Waals surface area contributed by atoms with E-state index in [0.717, 1.165) is 6.92 Å². The van der Waals surface area contributed by atoms with Gasteiger partial charge in [0.2, 0.25) is 0 Å². The minimum absolute atomic E-state index is 0.543. The molecule has 0 saturated heterocycles. The molecule has 0 aliphatic rings. The molecule has 0 aromatic heterocycles. The molecule has 0 aromatic carbocycles. The predicted octanol–water partition coefficient (Wildman–Crippen LogP) is 3.06. The zero-order valence-electron chi connectivity index (χ0n) is 4.88. The summed E-state index contributed by atoms with van der Waals surface area (Å²) >= 11 is -0.543. The van der Waals surface area contributed by atoms with E-state index in [1.165, 1.54) is 0 Å². The first-order chi connectivity index (χ1) is 4.31. The van der Waals surface area contributed by atoms with Gasteiger partial charge in [0.15, 0.2) is 0 Å². The molecule has 0 aliphatic heterocycles. The van der Waals surface area contributed by atoms with Crippen LogP contribution in [0.2, 0.25) is 0 Å². The van der Waals surface area contributed by atoms with Crippen molar-refractivity contribution in [2.24, 2.45) is 0 Å². The Kier molecular flexibility index (Phi) is 2.94. The second-order valence-corrected chi connectivity index (χ2v) is 2.59. The zero-order valence-corrected chi connectivity index (χ0v) is 5.69. The molecule has 0 atom stereocenters. The maximum atomic E-state index is 11.7. The topological polar surface area (TPSA) is 0 Å². The normalized spacial score (nSPS) is 13.8. The van der Waals surface area contributed by atoms with Gasteiger partial charge in [-0.2, -0.15) is 22.0 Å². The third kappa shape index (κ3) is 2.32. The summed E-state index contributed by atoms with van der Waals surface area (Å²) in [5.41, 5.74) is 0. The summed E-state index contributed by atoms with van der Waals surface area (Å²) in [5.74, 6) is 0.702. The van der Waals surface area contributed by atoms with E-state index in [2.05, 4.69) is 0 Å². The largest absolute Gasteiger partial charge is 0.464 e. The number of halogens is 5. The number of hydrogen-bond acceptors (Lipinski definition) is 1. The van der Waals surface area contributed by atoms with Gasteiger partial charge in [-0.1, -0.05) is 18.7 Å². The summed E-state index contributed by atoms with van der Waals surface area (Å²) < 4.78 is 57.2. The lowest BCUT2D eigenvalue weighted by Gasteiger charge is -2.17. The van der Waals surface area contributed by atoms with Crippen LogP contribution >= 0.6 is 11.8 Å². The summed E-state index contributed by atoms with van der Waals surface area (Å²) in [6, 6.07) is 0. The average molecular weight is 179 g/mol. The van der Waals surface area contributed by atoms with Crippen molar-refractivity contribution in [3.8, 4) is 0 Å². The quantitative estimate of drug-likeness (QED) is 0.587. The molecule has 0 bridgehead atoms. The lowest BCUT2D eigenvalue weighted by atomic mass is 10.7. The minimum atomic E-state index is -5.45. The fourth-order valence-electron chi connectivity index (χ4n) is 0.215. The molecule has 0 aromatic rings. The van der Waals surface area contributed by atoms with Crippen LogP contribution in [0.1, 0.15) is 6.92 Å². The smallest absolute Gasteiger partial charge is 0.184 e. The van der Waals surface area contributed by atoms with Crippen LogP contribution in [0.5, 0.6) is 0 Å². The number of thioether (sulfide) groups is 1. The summed E-state index contributed by atoms with van der Waals surface area (Å²) in [5, 5.41) is -4.65. The molecule has 61 valence electrons. The molecule has 0 N–H and O–H groups in total. The molecule has 0 unspecified atom stereocenters. The van der Waals surface area contributed by atoms with E-state index in [-0.39, 0.29) is 0 Å². The SMILES string of the molecule is C[CH]SC(F)(F)C(F)(F)F. The van der Waals surface area contributed by atoms with Crippen molar-refractivity contribution in [1.82, 2.24) is 0 Å². The Bertz CT molecular complexity index is 107. The monoisotopic (exact) mass is 179 g/mol. The molecule has 0 amide bonds. The molecule has 0 heterocycles. The van der Waals surface area contributed by atoms with Crippen LogP contribution in [-0.2, 0) is 0 Å². The van der Waals surface area contributed by atoms with Gasteiger partial charge in [0.1, 0.15) is 0 Å². The highest BCUT2D eigenvalue weighted by atomic mass is 32.2. The first-order valence-corrected chi connectivity index (χ1v) is 3.09. The fraction of sp³-hybridized carbons (Fsp3) is 0.750. The second-order valence-electron chi connectivity index (χ2n) is 1.37. The van der Waals surface area contributed by atoms with Crippen molar-refractivity contribution in [2.75, 3.05) is 0 Å². The highest BCUT2D eigenvalue weighted by Gasteiger charge is 2.57. The molecule has 0 spiro atoms. The van der Waals surface area contributed by atoms with E-state index in [1.54, 1.807) is 0 Å². The fourth-order valence-corrected chi connectivity index (χ4v) is 0.644. The second kappa shape index (κ2) is 2.94. The van der Waals surface area contributed by atoms with Crippen LogP contribution in [0.15, 0.2) is 0 Å². The van der Waals surface area contributed by atoms with Gasteiger partial charge >= 0.3 is 11.4 Å². The molecule has 0 nitrogen and oxygen atoms in total. The number of rotatable bonds is 2. The lowest BCUT2D eigenvalue weighted by Crippen LogP contribution is -2.32. The van der Waals surface area contributed by atoms with E-state index in [0.29, 0.717) is 5.75 Å².